The Labute approximate surface area is 258 Å². The fraction of sp³-hybridized carbons (Fsp3) is 0.364. The van der Waals surface area contributed by atoms with Crippen LogP contribution in [0.15, 0.2) is 78.9 Å². The highest BCUT2D eigenvalue weighted by Crippen LogP contribution is 2.35. The Balaban J connectivity index is 1.12. The van der Waals surface area contributed by atoms with Crippen LogP contribution in [0.2, 0.25) is 0 Å². The third-order valence-electron chi connectivity index (χ3n) is 7.80. The zero-order valence-electron chi connectivity index (χ0n) is 24.4. The van der Waals surface area contributed by atoms with E-state index in [1.165, 1.54) is 7.11 Å². The van der Waals surface area contributed by atoms with Crippen LogP contribution in [-0.2, 0) is 4.74 Å². The minimum atomic E-state index is -1.10. The summed E-state index contributed by atoms with van der Waals surface area (Å²) in [5.41, 5.74) is 0.984. The summed E-state index contributed by atoms with van der Waals surface area (Å²) in [7, 11) is 0.283. The third kappa shape index (κ3) is 7.96. The van der Waals surface area contributed by atoms with Gasteiger partial charge in [-0.3, -0.25) is 4.79 Å². The van der Waals surface area contributed by atoms with Crippen LogP contribution in [0.1, 0.15) is 46.4 Å². The average Bonchev–Trinajstić information content (AvgIpc) is 3.60. The topological polar surface area (TPSA) is 109 Å². The number of methoxy groups -OCH3 is 1. The maximum atomic E-state index is 13.2. The lowest BCUT2D eigenvalue weighted by Crippen LogP contribution is -2.36. The number of carbonyl (C=O) groups is 3. The van der Waals surface area contributed by atoms with Gasteiger partial charge in [-0.05, 0) is 56.1 Å². The molecule has 8 nitrogen and oxygen atoms in total. The summed E-state index contributed by atoms with van der Waals surface area (Å²) in [5.74, 6) is 0.412. The normalized spacial score (nSPS) is 19.0. The van der Waals surface area contributed by atoms with Crippen molar-refractivity contribution >= 4 is 53.5 Å². The molecule has 2 aliphatic rings. The molecule has 3 aromatic carbocycles. The second-order valence-corrected chi connectivity index (χ2v) is 14.2. The lowest BCUT2D eigenvalue weighted by Gasteiger charge is -2.22. The molecule has 0 aromatic heterocycles. The van der Waals surface area contributed by atoms with Gasteiger partial charge in [0.25, 0.3) is 5.91 Å². The summed E-state index contributed by atoms with van der Waals surface area (Å²) in [4.78, 5) is 37.5. The van der Waals surface area contributed by atoms with Crippen LogP contribution in [0.3, 0.4) is 0 Å². The molecule has 43 heavy (non-hydrogen) atoms. The van der Waals surface area contributed by atoms with E-state index in [1.807, 2.05) is 54.2 Å². The number of amides is 3. The first-order chi connectivity index (χ1) is 21.0. The maximum absolute atomic E-state index is 13.2. The minimum absolute atomic E-state index is 0.0281. The molecule has 3 atom stereocenters. The molecule has 2 aliphatic heterocycles. The molecule has 3 amide bonds. The summed E-state index contributed by atoms with van der Waals surface area (Å²) in [6, 6.07) is 25.9. The molecule has 226 valence electrons. The van der Waals surface area contributed by atoms with Gasteiger partial charge in [0.15, 0.2) is 0 Å². The van der Waals surface area contributed by atoms with Gasteiger partial charge in [-0.2, -0.15) is 11.8 Å². The molecule has 5 rings (SSSR count). The molecule has 10 heteroatoms. The molecular formula is C33H39N4O4PS. The number of benzene rings is 3. The summed E-state index contributed by atoms with van der Waals surface area (Å²) in [6.07, 6.45) is 4.48. The van der Waals surface area contributed by atoms with Crippen LogP contribution in [-0.4, -0.2) is 67.7 Å². The highest BCUT2D eigenvalue weighted by atomic mass is 32.2. The van der Waals surface area contributed by atoms with Gasteiger partial charge < -0.3 is 26.0 Å². The quantitative estimate of drug-likeness (QED) is 0.0957. The number of fused-ring (bicyclic) bond motifs is 1. The minimum Gasteiger partial charge on any atom is -0.465 e. The smallest absolute Gasteiger partial charge is 0.338 e. The predicted molar refractivity (Wildman–Crippen MR) is 176 cm³/mol. The van der Waals surface area contributed by atoms with Crippen LogP contribution in [0.4, 0.5) is 4.79 Å². The Morgan fingerprint density at radius 3 is 2.33 bits per heavy atom. The van der Waals surface area contributed by atoms with E-state index in [9.17, 15) is 14.4 Å². The molecule has 2 saturated heterocycles. The molecule has 0 spiro atoms. The zero-order valence-corrected chi connectivity index (χ0v) is 26.1. The van der Waals surface area contributed by atoms with Gasteiger partial charge in [-0.15, -0.1) is 0 Å². The molecule has 0 saturated carbocycles. The number of esters is 1. The van der Waals surface area contributed by atoms with Crippen LogP contribution >= 0.6 is 19.7 Å². The molecule has 0 bridgehead atoms. The molecule has 0 radical (unpaired) electrons. The van der Waals surface area contributed by atoms with Gasteiger partial charge in [0.2, 0.25) is 0 Å². The van der Waals surface area contributed by atoms with Crippen molar-refractivity contribution in [1.29, 1.82) is 0 Å². The highest BCUT2D eigenvalue weighted by Gasteiger charge is 2.42. The summed E-state index contributed by atoms with van der Waals surface area (Å²) in [5, 5.41) is 16.0. The standard InChI is InChI=1S/C33H39N4O4PS/c1-41-32(39)26-17-16-23(21-28(26)42(24-11-5-2-6-12-24)25-13-7-3-8-14-25)31(38)35-20-19-34-18-10-4-9-15-29-30-27(22-43-29)36-33(40)37-30/h2-3,5-8,11-14,16-17,21,27,29-30,34H,4,9-10,15,18-20,22H2,1H3,(H,35,38)(H2,36,37,40). The number of unbranched alkanes of at least 4 members (excludes halogenated alkanes) is 2. The van der Waals surface area contributed by atoms with Crippen molar-refractivity contribution in [3.8, 4) is 0 Å². The fourth-order valence-electron chi connectivity index (χ4n) is 5.63. The largest absolute Gasteiger partial charge is 0.465 e. The van der Waals surface area contributed by atoms with E-state index in [0.717, 1.165) is 53.9 Å². The van der Waals surface area contributed by atoms with Gasteiger partial charge in [-0.25, -0.2) is 9.59 Å². The summed E-state index contributed by atoms with van der Waals surface area (Å²) >= 11 is 1.96. The van der Waals surface area contributed by atoms with Gasteiger partial charge in [0.1, 0.15) is 0 Å². The van der Waals surface area contributed by atoms with Gasteiger partial charge >= 0.3 is 12.0 Å². The van der Waals surface area contributed by atoms with E-state index in [2.05, 4.69) is 45.5 Å². The van der Waals surface area contributed by atoms with Crippen molar-refractivity contribution in [2.45, 2.75) is 43.0 Å². The molecule has 2 heterocycles. The van der Waals surface area contributed by atoms with E-state index >= 15 is 0 Å². The fourth-order valence-corrected chi connectivity index (χ4v) is 9.64. The van der Waals surface area contributed by atoms with Gasteiger partial charge in [0, 0.05) is 35.0 Å². The molecule has 2 fully saturated rings. The van der Waals surface area contributed by atoms with Crippen molar-refractivity contribution in [1.82, 2.24) is 21.3 Å². The predicted octanol–water partition coefficient (Wildman–Crippen LogP) is 3.28. The summed E-state index contributed by atoms with van der Waals surface area (Å²) in [6.45, 7) is 2.08. The summed E-state index contributed by atoms with van der Waals surface area (Å²) < 4.78 is 5.12. The number of urea groups is 1. The number of carbonyl (C=O) groups excluding carboxylic acids is 3. The number of thioether (sulfide) groups is 1. The molecular weight excluding hydrogens is 579 g/mol. The molecule has 3 unspecified atom stereocenters. The third-order valence-corrected chi connectivity index (χ3v) is 11.8. The van der Waals surface area contributed by atoms with Crippen LogP contribution < -0.4 is 37.2 Å². The molecule has 3 aromatic rings. The first-order valence-electron chi connectivity index (χ1n) is 14.9. The highest BCUT2D eigenvalue weighted by molar-refractivity contribution is 8.00. The number of hydrogen-bond donors (Lipinski definition) is 4. The SMILES string of the molecule is COC(=O)c1ccc(C(=O)NCCNCCCCCC2SCC3NC(=O)NC32)cc1P(c1ccccc1)c1ccccc1. The Bertz CT molecular complexity index is 1350. The lowest BCUT2D eigenvalue weighted by molar-refractivity contribution is 0.0602. The number of nitrogens with one attached hydrogen (secondary N) is 4. The van der Waals surface area contributed by atoms with E-state index < -0.39 is 13.9 Å². The zero-order chi connectivity index (χ0) is 30.0. The molecule has 4 N–H and O–H groups in total. The maximum Gasteiger partial charge on any atom is 0.338 e. The van der Waals surface area contributed by atoms with Crippen LogP contribution in [0, 0.1) is 0 Å². The van der Waals surface area contributed by atoms with Crippen molar-refractivity contribution in [3.63, 3.8) is 0 Å². The van der Waals surface area contributed by atoms with Gasteiger partial charge in [-0.1, -0.05) is 73.5 Å². The van der Waals surface area contributed by atoms with E-state index in [4.69, 9.17) is 4.74 Å². The van der Waals surface area contributed by atoms with Crippen molar-refractivity contribution < 1.29 is 19.1 Å². The second kappa shape index (κ2) is 15.4. The number of hydrogen-bond acceptors (Lipinski definition) is 6. The second-order valence-electron chi connectivity index (χ2n) is 10.7. The Kier molecular flexibility index (Phi) is 11.1. The van der Waals surface area contributed by atoms with Crippen molar-refractivity contribution in [3.05, 3.63) is 90.0 Å². The monoisotopic (exact) mass is 618 g/mol. The first-order valence-corrected chi connectivity index (χ1v) is 17.2. The Morgan fingerprint density at radius 1 is 0.907 bits per heavy atom. The van der Waals surface area contributed by atoms with E-state index in [-0.39, 0.29) is 24.0 Å². The van der Waals surface area contributed by atoms with Crippen LogP contribution in [0.5, 0.6) is 0 Å². The average molecular weight is 619 g/mol. The van der Waals surface area contributed by atoms with Crippen molar-refractivity contribution in [2.24, 2.45) is 0 Å². The lowest BCUT2D eigenvalue weighted by atomic mass is 10.0. The van der Waals surface area contributed by atoms with E-state index in [1.54, 1.807) is 12.1 Å². The molecule has 0 aliphatic carbocycles. The first kappa shape index (κ1) is 31.0. The number of rotatable bonds is 14. The van der Waals surface area contributed by atoms with Crippen molar-refractivity contribution in [2.75, 3.05) is 32.5 Å². The number of ether oxygens (including phenoxy) is 1. The Hall–Kier alpha value is -3.39. The van der Waals surface area contributed by atoms with Crippen LogP contribution in [0.25, 0.3) is 0 Å². The van der Waals surface area contributed by atoms with Gasteiger partial charge in [0.05, 0.1) is 24.8 Å². The Morgan fingerprint density at radius 2 is 1.63 bits per heavy atom. The van der Waals surface area contributed by atoms with E-state index in [0.29, 0.717) is 29.5 Å².